The second kappa shape index (κ2) is 12.1. The van der Waals surface area contributed by atoms with Crippen LogP contribution in [0.5, 0.6) is 0 Å². The van der Waals surface area contributed by atoms with Gasteiger partial charge >= 0.3 is 0 Å². The van der Waals surface area contributed by atoms with E-state index in [1.165, 1.54) is 19.3 Å². The van der Waals surface area contributed by atoms with E-state index in [1.54, 1.807) is 18.2 Å². The van der Waals surface area contributed by atoms with Crippen molar-refractivity contribution in [2.45, 2.75) is 45.4 Å². The Balaban J connectivity index is 1.46. The smallest absolute Gasteiger partial charge is 0.255 e. The fourth-order valence-electron chi connectivity index (χ4n) is 3.85. The van der Waals surface area contributed by atoms with Crippen molar-refractivity contribution in [2.24, 2.45) is 0 Å². The summed E-state index contributed by atoms with van der Waals surface area (Å²) in [5.74, 6) is 0.0413. The van der Waals surface area contributed by atoms with Crippen molar-refractivity contribution in [3.8, 4) is 0 Å². The molecule has 1 heterocycles. The second-order valence-corrected chi connectivity index (χ2v) is 8.98. The van der Waals surface area contributed by atoms with Gasteiger partial charge in [0, 0.05) is 49.5 Å². The Bertz CT molecular complexity index is 910. The number of anilines is 2. The molecule has 32 heavy (non-hydrogen) atoms. The number of piperazine rings is 1. The molecule has 2 amide bonds. The molecule has 3 rings (SSSR count). The van der Waals surface area contributed by atoms with Gasteiger partial charge in [-0.05, 0) is 48.9 Å². The minimum absolute atomic E-state index is 0.238. The van der Waals surface area contributed by atoms with Crippen molar-refractivity contribution < 1.29 is 9.59 Å². The van der Waals surface area contributed by atoms with Crippen LogP contribution in [0.4, 0.5) is 11.4 Å². The van der Waals surface area contributed by atoms with Crippen LogP contribution < -0.4 is 10.2 Å². The highest BCUT2D eigenvalue weighted by Crippen LogP contribution is 2.24. The van der Waals surface area contributed by atoms with Gasteiger partial charge in [0.25, 0.3) is 5.91 Å². The normalized spacial score (nSPS) is 13.8. The van der Waals surface area contributed by atoms with Crippen LogP contribution in [0.1, 0.15) is 55.8 Å². The van der Waals surface area contributed by atoms with E-state index >= 15 is 0 Å². The molecule has 0 aliphatic carbocycles. The zero-order valence-corrected chi connectivity index (χ0v) is 20.1. The van der Waals surface area contributed by atoms with Gasteiger partial charge in [0.1, 0.15) is 0 Å². The van der Waals surface area contributed by atoms with E-state index in [-0.39, 0.29) is 11.8 Å². The first-order chi connectivity index (χ1) is 15.5. The lowest BCUT2D eigenvalue weighted by atomic mass is 10.1. The molecule has 172 valence electrons. The number of nitrogens with zero attached hydrogens (tertiary/aromatic N) is 2. The number of carbonyl (C=O) groups is 2. The van der Waals surface area contributed by atoms with Crippen LogP contribution in [0, 0.1) is 0 Å². The van der Waals surface area contributed by atoms with Crippen molar-refractivity contribution in [1.29, 1.82) is 0 Å². The highest BCUT2D eigenvalue weighted by atomic mass is 35.5. The first-order valence-electron chi connectivity index (χ1n) is 11.4. The van der Waals surface area contributed by atoms with E-state index in [4.69, 9.17) is 23.2 Å². The average Bonchev–Trinajstić information content (AvgIpc) is 2.81. The predicted octanol–water partition coefficient (Wildman–Crippen LogP) is 6.25. The number of carbonyl (C=O) groups excluding carboxylic acids is 2. The minimum Gasteiger partial charge on any atom is -0.368 e. The SMILES string of the molecule is CCCCCCCC(=O)N1CCN(c2ccc(NC(=O)c3ccc(Cl)c(Cl)c3)cc2)CC1. The minimum atomic E-state index is -0.238. The first kappa shape index (κ1) is 24.4. The summed E-state index contributed by atoms with van der Waals surface area (Å²) in [4.78, 5) is 29.1. The molecule has 0 unspecified atom stereocenters. The molecule has 2 aromatic rings. The number of hydrogen-bond acceptors (Lipinski definition) is 3. The summed E-state index contributed by atoms with van der Waals surface area (Å²) in [6.07, 6.45) is 6.51. The average molecular weight is 476 g/mol. The lowest BCUT2D eigenvalue weighted by Crippen LogP contribution is -2.48. The summed E-state index contributed by atoms with van der Waals surface area (Å²) in [6, 6.07) is 12.6. The van der Waals surface area contributed by atoms with Gasteiger partial charge in [0.05, 0.1) is 10.0 Å². The van der Waals surface area contributed by atoms with Crippen molar-refractivity contribution in [3.05, 3.63) is 58.1 Å². The predicted molar refractivity (Wildman–Crippen MR) is 133 cm³/mol. The maximum absolute atomic E-state index is 12.4. The number of nitrogens with one attached hydrogen (secondary N) is 1. The number of benzene rings is 2. The third-order valence-electron chi connectivity index (χ3n) is 5.80. The van der Waals surface area contributed by atoms with Crippen LogP contribution in [0.3, 0.4) is 0 Å². The van der Waals surface area contributed by atoms with Gasteiger partial charge in [-0.1, -0.05) is 55.8 Å². The molecule has 1 N–H and O–H groups in total. The lowest BCUT2D eigenvalue weighted by Gasteiger charge is -2.36. The van der Waals surface area contributed by atoms with Gasteiger partial charge in [0.15, 0.2) is 0 Å². The molecule has 1 fully saturated rings. The van der Waals surface area contributed by atoms with Crippen LogP contribution in [0.25, 0.3) is 0 Å². The largest absolute Gasteiger partial charge is 0.368 e. The highest BCUT2D eigenvalue weighted by Gasteiger charge is 2.21. The molecule has 0 bridgehead atoms. The Morgan fingerprint density at radius 1 is 0.875 bits per heavy atom. The van der Waals surface area contributed by atoms with Gasteiger partial charge in [0.2, 0.25) is 5.91 Å². The third-order valence-corrected chi connectivity index (χ3v) is 6.54. The lowest BCUT2D eigenvalue weighted by molar-refractivity contribution is -0.131. The zero-order valence-electron chi connectivity index (χ0n) is 18.6. The van der Waals surface area contributed by atoms with Gasteiger partial charge < -0.3 is 15.1 Å². The Morgan fingerprint density at radius 2 is 1.56 bits per heavy atom. The Morgan fingerprint density at radius 3 is 2.22 bits per heavy atom. The Kier molecular flexibility index (Phi) is 9.24. The number of unbranched alkanes of at least 4 members (excludes halogenated alkanes) is 4. The maximum atomic E-state index is 12.4. The van der Waals surface area contributed by atoms with Crippen molar-refractivity contribution in [2.75, 3.05) is 36.4 Å². The zero-order chi connectivity index (χ0) is 22.9. The molecule has 0 atom stereocenters. The maximum Gasteiger partial charge on any atom is 0.255 e. The van der Waals surface area contributed by atoms with Gasteiger partial charge in [-0.25, -0.2) is 0 Å². The van der Waals surface area contributed by atoms with Crippen molar-refractivity contribution in [1.82, 2.24) is 4.90 Å². The fourth-order valence-corrected chi connectivity index (χ4v) is 4.15. The van der Waals surface area contributed by atoms with Crippen LogP contribution in [0.2, 0.25) is 10.0 Å². The Hall–Kier alpha value is -2.24. The van der Waals surface area contributed by atoms with E-state index in [9.17, 15) is 9.59 Å². The number of amides is 2. The second-order valence-electron chi connectivity index (χ2n) is 8.16. The van der Waals surface area contributed by atoms with E-state index < -0.39 is 0 Å². The Labute approximate surface area is 200 Å². The number of rotatable bonds is 9. The van der Waals surface area contributed by atoms with Gasteiger partial charge in [-0.2, -0.15) is 0 Å². The van der Waals surface area contributed by atoms with E-state index in [1.807, 2.05) is 29.2 Å². The topological polar surface area (TPSA) is 52.7 Å². The molecule has 7 heteroatoms. The number of halogens is 2. The fraction of sp³-hybridized carbons (Fsp3) is 0.440. The third kappa shape index (κ3) is 6.88. The van der Waals surface area contributed by atoms with E-state index in [2.05, 4.69) is 17.1 Å². The molecule has 0 aromatic heterocycles. The van der Waals surface area contributed by atoms with Crippen LogP contribution in [-0.2, 0) is 4.79 Å². The molecule has 0 saturated carbocycles. The molecule has 0 radical (unpaired) electrons. The summed E-state index contributed by atoms with van der Waals surface area (Å²) in [5.41, 5.74) is 2.25. The summed E-state index contributed by atoms with van der Waals surface area (Å²) >= 11 is 11.9. The van der Waals surface area contributed by atoms with Crippen molar-refractivity contribution in [3.63, 3.8) is 0 Å². The quantitative estimate of drug-likeness (QED) is 0.435. The van der Waals surface area contributed by atoms with E-state index in [0.717, 1.165) is 44.7 Å². The standard InChI is InChI=1S/C25H31Cl2N3O2/c1-2-3-4-5-6-7-24(31)30-16-14-29(15-17-30)21-11-9-20(10-12-21)28-25(32)19-8-13-22(26)23(27)18-19/h8-13,18H,2-7,14-17H2,1H3,(H,28,32). The molecule has 2 aromatic carbocycles. The van der Waals surface area contributed by atoms with Crippen LogP contribution in [0.15, 0.2) is 42.5 Å². The van der Waals surface area contributed by atoms with Gasteiger partial charge in [-0.3, -0.25) is 9.59 Å². The summed E-state index contributed by atoms with van der Waals surface area (Å²) in [5, 5.41) is 3.65. The molecule has 0 spiro atoms. The van der Waals surface area contributed by atoms with E-state index in [0.29, 0.717) is 27.7 Å². The molecular weight excluding hydrogens is 445 g/mol. The highest BCUT2D eigenvalue weighted by molar-refractivity contribution is 6.42. The number of hydrogen-bond donors (Lipinski definition) is 1. The van der Waals surface area contributed by atoms with Crippen molar-refractivity contribution >= 4 is 46.4 Å². The molecule has 1 saturated heterocycles. The summed E-state index contributed by atoms with van der Waals surface area (Å²) in [6.45, 7) is 5.34. The molecule has 5 nitrogen and oxygen atoms in total. The molecular formula is C25H31Cl2N3O2. The van der Waals surface area contributed by atoms with Crippen LogP contribution in [-0.4, -0.2) is 42.9 Å². The monoisotopic (exact) mass is 475 g/mol. The molecule has 1 aliphatic heterocycles. The van der Waals surface area contributed by atoms with Crippen LogP contribution >= 0.6 is 23.2 Å². The summed E-state index contributed by atoms with van der Waals surface area (Å²) in [7, 11) is 0. The van der Waals surface area contributed by atoms with Gasteiger partial charge in [-0.15, -0.1) is 0 Å². The first-order valence-corrected chi connectivity index (χ1v) is 12.1. The molecule has 1 aliphatic rings. The summed E-state index contributed by atoms with van der Waals surface area (Å²) < 4.78 is 0.